The summed E-state index contributed by atoms with van der Waals surface area (Å²) in [7, 11) is 1.76. The van der Waals surface area contributed by atoms with Gasteiger partial charge in [-0.25, -0.2) is 0 Å². The normalized spacial score (nSPS) is 12.2. The highest BCUT2D eigenvalue weighted by molar-refractivity contribution is 6.34. The fourth-order valence-corrected chi connectivity index (χ4v) is 2.27. The van der Waals surface area contributed by atoms with E-state index < -0.39 is 0 Å². The van der Waals surface area contributed by atoms with Crippen molar-refractivity contribution in [3.05, 3.63) is 46.0 Å². The number of hydrogen-bond acceptors (Lipinski definition) is 3. The molecule has 0 saturated carbocycles. The van der Waals surface area contributed by atoms with E-state index in [9.17, 15) is 4.79 Å². The van der Waals surface area contributed by atoms with Gasteiger partial charge in [-0.3, -0.25) is 14.5 Å². The van der Waals surface area contributed by atoms with E-state index in [0.29, 0.717) is 5.02 Å². The number of carbonyl (C=O) groups excluding carboxylic acids is 1. The van der Waals surface area contributed by atoms with Crippen LogP contribution in [0.3, 0.4) is 0 Å². The van der Waals surface area contributed by atoms with E-state index in [-0.39, 0.29) is 17.6 Å². The number of pyridine rings is 1. The summed E-state index contributed by atoms with van der Waals surface area (Å²) in [6.07, 6.45) is 2.53. The molecule has 0 bridgehead atoms. The average molecular weight is 307 g/mol. The minimum absolute atomic E-state index is 0.156. The molecular weight excluding hydrogens is 288 g/mol. The fourth-order valence-electron chi connectivity index (χ4n) is 2.02. The molecule has 2 aromatic rings. The maximum absolute atomic E-state index is 12.3. The maximum Gasteiger partial charge on any atom is 0.273 e. The first-order valence-electron chi connectivity index (χ1n) is 6.86. The molecule has 5 nitrogen and oxygen atoms in total. The van der Waals surface area contributed by atoms with E-state index in [2.05, 4.69) is 15.4 Å². The molecular formula is C15H19ClN4O. The molecule has 1 atom stereocenters. The van der Waals surface area contributed by atoms with Gasteiger partial charge in [-0.2, -0.15) is 5.10 Å². The van der Waals surface area contributed by atoms with Gasteiger partial charge in [-0.05, 0) is 31.9 Å². The Morgan fingerprint density at radius 3 is 2.62 bits per heavy atom. The van der Waals surface area contributed by atoms with E-state index in [1.54, 1.807) is 17.9 Å². The zero-order chi connectivity index (χ0) is 15.6. The van der Waals surface area contributed by atoms with Crippen LogP contribution in [0, 0.1) is 13.8 Å². The number of nitrogens with zero attached hydrogens (tertiary/aromatic N) is 3. The van der Waals surface area contributed by atoms with Crippen molar-refractivity contribution in [1.29, 1.82) is 0 Å². The number of aryl methyl sites for hydroxylation is 2. The molecule has 0 aliphatic rings. The molecule has 6 heteroatoms. The van der Waals surface area contributed by atoms with Crippen LogP contribution < -0.4 is 5.32 Å². The van der Waals surface area contributed by atoms with Crippen molar-refractivity contribution >= 4 is 17.5 Å². The summed E-state index contributed by atoms with van der Waals surface area (Å²) in [5.41, 5.74) is 2.94. The van der Waals surface area contributed by atoms with Crippen molar-refractivity contribution in [3.8, 4) is 0 Å². The van der Waals surface area contributed by atoms with E-state index in [4.69, 9.17) is 11.6 Å². The van der Waals surface area contributed by atoms with Crippen LogP contribution in [0.15, 0.2) is 18.3 Å². The van der Waals surface area contributed by atoms with Crippen LogP contribution in [0.2, 0.25) is 5.02 Å². The minimum atomic E-state index is -0.280. The van der Waals surface area contributed by atoms with Crippen molar-refractivity contribution in [2.45, 2.75) is 33.2 Å². The summed E-state index contributed by atoms with van der Waals surface area (Å²) >= 11 is 6.14. The number of carbonyl (C=O) groups is 1. The molecule has 2 aromatic heterocycles. The van der Waals surface area contributed by atoms with E-state index in [0.717, 1.165) is 23.4 Å². The van der Waals surface area contributed by atoms with Crippen LogP contribution in [0.1, 0.15) is 46.8 Å². The van der Waals surface area contributed by atoms with Crippen LogP contribution in [-0.2, 0) is 7.05 Å². The molecule has 21 heavy (non-hydrogen) atoms. The SMILES string of the molecule is CCC(NC(=O)c1nn(C)c(C)c1Cl)c1ccc(C)cn1. The number of halogens is 1. The van der Waals surface area contributed by atoms with Gasteiger partial charge >= 0.3 is 0 Å². The number of rotatable bonds is 4. The van der Waals surface area contributed by atoms with Crippen LogP contribution in [0.5, 0.6) is 0 Å². The van der Waals surface area contributed by atoms with Gasteiger partial charge in [0.05, 0.1) is 22.5 Å². The Morgan fingerprint density at radius 2 is 2.14 bits per heavy atom. The first-order valence-corrected chi connectivity index (χ1v) is 7.24. The molecule has 1 amide bonds. The minimum Gasteiger partial charge on any atom is -0.342 e. The summed E-state index contributed by atoms with van der Waals surface area (Å²) in [4.78, 5) is 16.7. The Kier molecular flexibility index (Phi) is 4.63. The summed E-state index contributed by atoms with van der Waals surface area (Å²) in [5.74, 6) is -0.280. The summed E-state index contributed by atoms with van der Waals surface area (Å²) in [5, 5.41) is 7.49. The lowest BCUT2D eigenvalue weighted by molar-refractivity contribution is 0.0929. The number of nitrogens with one attached hydrogen (secondary N) is 1. The van der Waals surface area contributed by atoms with E-state index in [1.165, 1.54) is 0 Å². The summed E-state index contributed by atoms with van der Waals surface area (Å²) in [6.45, 7) is 5.80. The van der Waals surface area contributed by atoms with Crippen molar-refractivity contribution in [2.24, 2.45) is 7.05 Å². The third-order valence-corrected chi connectivity index (χ3v) is 3.93. The second kappa shape index (κ2) is 6.26. The smallest absolute Gasteiger partial charge is 0.273 e. The second-order valence-corrected chi connectivity index (χ2v) is 5.44. The molecule has 1 N–H and O–H groups in total. The van der Waals surface area contributed by atoms with Crippen molar-refractivity contribution in [2.75, 3.05) is 0 Å². The highest BCUT2D eigenvalue weighted by Gasteiger charge is 2.21. The molecule has 2 rings (SSSR count). The Labute approximate surface area is 129 Å². The van der Waals surface area contributed by atoms with Crippen LogP contribution in [0.25, 0.3) is 0 Å². The van der Waals surface area contributed by atoms with Crippen molar-refractivity contribution in [1.82, 2.24) is 20.1 Å². The zero-order valence-electron chi connectivity index (χ0n) is 12.6. The van der Waals surface area contributed by atoms with Crippen LogP contribution >= 0.6 is 11.6 Å². The lowest BCUT2D eigenvalue weighted by atomic mass is 10.1. The van der Waals surface area contributed by atoms with Crippen LogP contribution in [-0.4, -0.2) is 20.7 Å². The van der Waals surface area contributed by atoms with Crippen molar-refractivity contribution < 1.29 is 4.79 Å². The largest absolute Gasteiger partial charge is 0.342 e. The van der Waals surface area contributed by atoms with E-state index in [1.807, 2.05) is 32.9 Å². The average Bonchev–Trinajstić information content (AvgIpc) is 2.73. The number of amides is 1. The molecule has 0 spiro atoms. The van der Waals surface area contributed by atoms with E-state index >= 15 is 0 Å². The third kappa shape index (κ3) is 3.24. The Hall–Kier alpha value is -1.88. The molecule has 2 heterocycles. The quantitative estimate of drug-likeness (QED) is 0.944. The standard InChI is InChI=1S/C15H19ClN4O/c1-5-11(12-7-6-9(2)8-17-12)18-15(21)14-13(16)10(3)20(4)19-14/h6-8,11H,5H2,1-4H3,(H,18,21). The predicted octanol–water partition coefficient (Wildman–Crippen LogP) is 2.97. The van der Waals surface area contributed by atoms with Gasteiger partial charge in [0.2, 0.25) is 0 Å². The monoisotopic (exact) mass is 306 g/mol. The Bertz CT molecular complexity index is 648. The zero-order valence-corrected chi connectivity index (χ0v) is 13.4. The number of aromatic nitrogens is 3. The second-order valence-electron chi connectivity index (χ2n) is 5.07. The lowest BCUT2D eigenvalue weighted by Gasteiger charge is -2.16. The van der Waals surface area contributed by atoms with Gasteiger partial charge in [0.15, 0.2) is 5.69 Å². The Balaban J connectivity index is 2.20. The number of hydrogen-bond donors (Lipinski definition) is 1. The predicted molar refractivity (Wildman–Crippen MR) is 82.4 cm³/mol. The topological polar surface area (TPSA) is 59.8 Å². The third-order valence-electron chi connectivity index (χ3n) is 3.48. The molecule has 112 valence electrons. The molecule has 0 radical (unpaired) electrons. The van der Waals surface area contributed by atoms with Gasteiger partial charge in [0.25, 0.3) is 5.91 Å². The fraction of sp³-hybridized carbons (Fsp3) is 0.400. The van der Waals surface area contributed by atoms with Gasteiger partial charge in [0.1, 0.15) is 0 Å². The first-order chi connectivity index (χ1) is 9.93. The summed E-state index contributed by atoms with van der Waals surface area (Å²) < 4.78 is 1.60. The molecule has 0 saturated heterocycles. The first kappa shape index (κ1) is 15.5. The van der Waals surface area contributed by atoms with Crippen molar-refractivity contribution in [3.63, 3.8) is 0 Å². The molecule has 0 aliphatic heterocycles. The molecule has 0 aliphatic carbocycles. The molecule has 1 unspecified atom stereocenters. The highest BCUT2D eigenvalue weighted by Crippen LogP contribution is 2.21. The molecule has 0 aromatic carbocycles. The molecule has 0 fully saturated rings. The van der Waals surface area contributed by atoms with Gasteiger partial charge in [-0.1, -0.05) is 24.6 Å². The van der Waals surface area contributed by atoms with Crippen LogP contribution in [0.4, 0.5) is 0 Å². The highest BCUT2D eigenvalue weighted by atomic mass is 35.5. The maximum atomic E-state index is 12.3. The lowest BCUT2D eigenvalue weighted by Crippen LogP contribution is -2.29. The van der Waals surface area contributed by atoms with Gasteiger partial charge < -0.3 is 5.32 Å². The van der Waals surface area contributed by atoms with Gasteiger partial charge in [0, 0.05) is 13.2 Å². The summed E-state index contributed by atoms with van der Waals surface area (Å²) in [6, 6.07) is 3.75. The van der Waals surface area contributed by atoms with Gasteiger partial charge in [-0.15, -0.1) is 0 Å². The Morgan fingerprint density at radius 1 is 1.43 bits per heavy atom.